The van der Waals surface area contributed by atoms with Gasteiger partial charge in [-0.15, -0.1) is 0 Å². The van der Waals surface area contributed by atoms with Crippen molar-refractivity contribution < 1.29 is 34.1 Å². The van der Waals surface area contributed by atoms with Gasteiger partial charge in [0.1, 0.15) is 17.3 Å². The Bertz CT molecular complexity index is 1410. The predicted octanol–water partition coefficient (Wildman–Crippen LogP) is 3.88. The highest BCUT2D eigenvalue weighted by molar-refractivity contribution is 6.51. The first-order valence-corrected chi connectivity index (χ1v) is 11.4. The SMILES string of the molecule is COc1cccc(C2/C(=C(/O)c3ccc4c(c3)CCO4)C(=O)C(=O)N2c2ccc(CC(=O)O)cc2)c1. The number of ether oxygens (including phenoxy) is 2. The number of anilines is 1. The standard InChI is InChI=1S/C28H23NO7/c1-35-21-4-2-3-18(15-21)25-24(26(32)19-7-10-22-17(14-19)11-12-36-22)27(33)28(34)29(25)20-8-5-16(6-9-20)13-23(30)31/h2-10,14-15,25,32H,11-13H2,1H3,(H,30,31)/b26-24-. The number of aliphatic carboxylic acids is 1. The molecule has 0 saturated carbocycles. The summed E-state index contributed by atoms with van der Waals surface area (Å²) in [6.07, 6.45) is 0.521. The molecule has 1 atom stereocenters. The smallest absolute Gasteiger partial charge is 0.307 e. The summed E-state index contributed by atoms with van der Waals surface area (Å²) < 4.78 is 10.9. The molecule has 0 bridgehead atoms. The highest BCUT2D eigenvalue weighted by atomic mass is 16.5. The Morgan fingerprint density at radius 3 is 2.56 bits per heavy atom. The van der Waals surface area contributed by atoms with E-state index in [4.69, 9.17) is 14.6 Å². The molecule has 1 saturated heterocycles. The van der Waals surface area contributed by atoms with E-state index in [0.717, 1.165) is 11.3 Å². The third kappa shape index (κ3) is 4.07. The number of hydrogen-bond acceptors (Lipinski definition) is 6. The van der Waals surface area contributed by atoms with Gasteiger partial charge >= 0.3 is 5.97 Å². The number of Topliss-reactive ketones (excluding diaryl/α,β-unsaturated/α-hetero) is 1. The highest BCUT2D eigenvalue weighted by Crippen LogP contribution is 2.43. The van der Waals surface area contributed by atoms with Crippen LogP contribution in [0.5, 0.6) is 11.5 Å². The number of rotatable bonds is 6. The summed E-state index contributed by atoms with van der Waals surface area (Å²) in [5.74, 6) is -1.59. The fraction of sp³-hybridized carbons (Fsp3) is 0.179. The lowest BCUT2D eigenvalue weighted by Crippen LogP contribution is -2.29. The van der Waals surface area contributed by atoms with E-state index in [9.17, 15) is 19.5 Å². The van der Waals surface area contributed by atoms with Gasteiger partial charge in [0.25, 0.3) is 11.7 Å². The summed E-state index contributed by atoms with van der Waals surface area (Å²) in [7, 11) is 1.52. The van der Waals surface area contributed by atoms with Crippen molar-refractivity contribution in [2.24, 2.45) is 0 Å². The Labute approximate surface area is 207 Å². The van der Waals surface area contributed by atoms with Crippen molar-refractivity contribution in [2.75, 3.05) is 18.6 Å². The molecule has 1 amide bonds. The minimum absolute atomic E-state index is 0.0401. The first kappa shape index (κ1) is 23.2. The molecular formula is C28H23NO7. The highest BCUT2D eigenvalue weighted by Gasteiger charge is 2.47. The number of carboxylic acid groups (broad SMARTS) is 1. The second-order valence-electron chi connectivity index (χ2n) is 8.60. The Morgan fingerprint density at radius 2 is 1.83 bits per heavy atom. The molecule has 0 radical (unpaired) electrons. The van der Waals surface area contributed by atoms with Gasteiger partial charge in [0, 0.05) is 17.7 Å². The first-order chi connectivity index (χ1) is 17.4. The Balaban J connectivity index is 1.66. The molecule has 2 heterocycles. The summed E-state index contributed by atoms with van der Waals surface area (Å²) in [4.78, 5) is 39.1. The van der Waals surface area contributed by atoms with Crippen molar-refractivity contribution >= 4 is 29.1 Å². The van der Waals surface area contributed by atoms with E-state index in [0.29, 0.717) is 41.2 Å². The number of benzene rings is 3. The number of methoxy groups -OCH3 is 1. The zero-order chi connectivity index (χ0) is 25.4. The van der Waals surface area contributed by atoms with Gasteiger partial charge in [-0.3, -0.25) is 19.3 Å². The van der Waals surface area contributed by atoms with Crippen LogP contribution in [0.15, 0.2) is 72.3 Å². The van der Waals surface area contributed by atoms with E-state index < -0.39 is 23.7 Å². The molecule has 1 fully saturated rings. The van der Waals surface area contributed by atoms with Crippen LogP contribution in [0.4, 0.5) is 5.69 Å². The van der Waals surface area contributed by atoms with E-state index in [-0.39, 0.29) is 17.8 Å². The van der Waals surface area contributed by atoms with Crippen LogP contribution in [0.3, 0.4) is 0 Å². The maximum absolute atomic E-state index is 13.3. The lowest BCUT2D eigenvalue weighted by atomic mass is 9.94. The van der Waals surface area contributed by atoms with E-state index in [1.54, 1.807) is 66.7 Å². The summed E-state index contributed by atoms with van der Waals surface area (Å²) in [5, 5.41) is 20.4. The van der Waals surface area contributed by atoms with Crippen molar-refractivity contribution in [3.8, 4) is 11.5 Å². The molecule has 2 aliphatic rings. The van der Waals surface area contributed by atoms with Crippen molar-refractivity contribution in [3.05, 3.63) is 94.6 Å². The molecule has 3 aromatic carbocycles. The topological polar surface area (TPSA) is 113 Å². The number of carboxylic acids is 1. The molecular weight excluding hydrogens is 462 g/mol. The van der Waals surface area contributed by atoms with Crippen LogP contribution >= 0.6 is 0 Å². The van der Waals surface area contributed by atoms with E-state index in [2.05, 4.69) is 0 Å². The fourth-order valence-electron chi connectivity index (χ4n) is 4.66. The molecule has 2 N–H and O–H groups in total. The van der Waals surface area contributed by atoms with Gasteiger partial charge in [-0.05, 0) is 59.2 Å². The molecule has 0 aromatic heterocycles. The zero-order valence-corrected chi connectivity index (χ0v) is 19.4. The summed E-state index contributed by atoms with van der Waals surface area (Å²) in [6.45, 7) is 0.547. The number of amides is 1. The third-order valence-electron chi connectivity index (χ3n) is 6.39. The van der Waals surface area contributed by atoms with Gasteiger partial charge in [-0.1, -0.05) is 24.3 Å². The number of aliphatic hydroxyl groups is 1. The number of nitrogens with zero attached hydrogens (tertiary/aromatic N) is 1. The fourth-order valence-corrected chi connectivity index (χ4v) is 4.66. The van der Waals surface area contributed by atoms with Crippen molar-refractivity contribution in [2.45, 2.75) is 18.9 Å². The van der Waals surface area contributed by atoms with Gasteiger partial charge in [0.05, 0.1) is 31.8 Å². The van der Waals surface area contributed by atoms with Crippen LogP contribution in [0.1, 0.15) is 28.3 Å². The van der Waals surface area contributed by atoms with Gasteiger partial charge in [-0.25, -0.2) is 0 Å². The number of ketones is 1. The number of carbonyl (C=O) groups excluding carboxylic acids is 2. The second-order valence-corrected chi connectivity index (χ2v) is 8.60. The molecule has 3 aromatic rings. The number of hydrogen-bond donors (Lipinski definition) is 2. The van der Waals surface area contributed by atoms with Gasteiger partial charge in [0.15, 0.2) is 0 Å². The lowest BCUT2D eigenvalue weighted by molar-refractivity contribution is -0.136. The lowest BCUT2D eigenvalue weighted by Gasteiger charge is -2.26. The van der Waals surface area contributed by atoms with Crippen molar-refractivity contribution in [1.29, 1.82) is 0 Å². The van der Waals surface area contributed by atoms with Crippen molar-refractivity contribution in [3.63, 3.8) is 0 Å². The molecule has 0 spiro atoms. The first-order valence-electron chi connectivity index (χ1n) is 11.4. The monoisotopic (exact) mass is 485 g/mol. The third-order valence-corrected chi connectivity index (χ3v) is 6.39. The average molecular weight is 485 g/mol. The van der Waals surface area contributed by atoms with Crippen LogP contribution in [0.2, 0.25) is 0 Å². The van der Waals surface area contributed by atoms with Crippen LogP contribution in [-0.4, -0.2) is 41.6 Å². The van der Waals surface area contributed by atoms with Gasteiger partial charge in [0.2, 0.25) is 0 Å². The normalized spacial score (nSPS) is 18.1. The maximum Gasteiger partial charge on any atom is 0.307 e. The quantitative estimate of drug-likeness (QED) is 0.309. The molecule has 0 aliphatic carbocycles. The van der Waals surface area contributed by atoms with Crippen LogP contribution in [0, 0.1) is 0 Å². The Hall–Kier alpha value is -4.59. The minimum Gasteiger partial charge on any atom is -0.507 e. The second kappa shape index (κ2) is 9.22. The molecule has 5 rings (SSSR count). The number of fused-ring (bicyclic) bond motifs is 1. The molecule has 1 unspecified atom stereocenters. The summed E-state index contributed by atoms with van der Waals surface area (Å²) in [5.41, 5.74) is 2.83. The van der Waals surface area contributed by atoms with Crippen LogP contribution < -0.4 is 14.4 Å². The van der Waals surface area contributed by atoms with E-state index in [1.165, 1.54) is 12.0 Å². The molecule has 182 valence electrons. The van der Waals surface area contributed by atoms with E-state index in [1.807, 2.05) is 0 Å². The Morgan fingerprint density at radius 1 is 1.06 bits per heavy atom. The molecule has 8 nitrogen and oxygen atoms in total. The molecule has 36 heavy (non-hydrogen) atoms. The number of aliphatic hydroxyl groups excluding tert-OH is 1. The van der Waals surface area contributed by atoms with Crippen LogP contribution in [0.25, 0.3) is 5.76 Å². The van der Waals surface area contributed by atoms with Gasteiger partial charge in [-0.2, -0.15) is 0 Å². The number of carbonyl (C=O) groups is 3. The largest absolute Gasteiger partial charge is 0.507 e. The van der Waals surface area contributed by atoms with Crippen LogP contribution in [-0.2, 0) is 27.2 Å². The summed E-state index contributed by atoms with van der Waals surface area (Å²) in [6, 6.07) is 17.6. The average Bonchev–Trinajstić information content (AvgIpc) is 3.46. The minimum atomic E-state index is -0.973. The predicted molar refractivity (Wildman–Crippen MR) is 131 cm³/mol. The van der Waals surface area contributed by atoms with Gasteiger partial charge < -0.3 is 19.7 Å². The summed E-state index contributed by atoms with van der Waals surface area (Å²) >= 11 is 0. The molecule has 2 aliphatic heterocycles. The molecule has 8 heteroatoms. The zero-order valence-electron chi connectivity index (χ0n) is 19.4. The Kier molecular flexibility index (Phi) is 5.93. The van der Waals surface area contributed by atoms with Crippen molar-refractivity contribution in [1.82, 2.24) is 0 Å². The van der Waals surface area contributed by atoms with E-state index >= 15 is 0 Å². The maximum atomic E-state index is 13.3.